The summed E-state index contributed by atoms with van der Waals surface area (Å²) in [4.78, 5) is 24.2. The van der Waals surface area contributed by atoms with Crippen LogP contribution in [0.5, 0.6) is 5.75 Å². The van der Waals surface area contributed by atoms with E-state index in [9.17, 15) is 18.0 Å². The van der Waals surface area contributed by atoms with Crippen LogP contribution in [0.25, 0.3) is 11.3 Å². The Morgan fingerprint density at radius 1 is 1.24 bits per heavy atom. The number of ether oxygens (including phenoxy) is 2. The summed E-state index contributed by atoms with van der Waals surface area (Å²) < 4.78 is 50.6. The number of aryl methyl sites for hydroxylation is 1. The summed E-state index contributed by atoms with van der Waals surface area (Å²) in [7, 11) is 0. The van der Waals surface area contributed by atoms with Crippen LogP contribution in [0.3, 0.4) is 0 Å². The number of amides is 1. The van der Waals surface area contributed by atoms with Gasteiger partial charge in [0.25, 0.3) is 5.91 Å². The topological polar surface area (TPSA) is 82.4 Å². The Labute approximate surface area is 193 Å². The highest BCUT2D eigenvalue weighted by Crippen LogP contribution is 2.48. The fraction of sp³-hybridized carbons (Fsp3) is 0.391. The van der Waals surface area contributed by atoms with Gasteiger partial charge in [-0.2, -0.15) is 18.3 Å². The van der Waals surface area contributed by atoms with Crippen molar-refractivity contribution in [1.29, 1.82) is 0 Å². The molecule has 0 saturated carbocycles. The lowest BCUT2D eigenvalue weighted by Crippen LogP contribution is -2.45. The molecule has 1 atom stereocenters. The van der Waals surface area contributed by atoms with Gasteiger partial charge in [0.15, 0.2) is 0 Å². The van der Waals surface area contributed by atoms with Gasteiger partial charge >= 0.3 is 6.18 Å². The molecule has 178 valence electrons. The molecule has 1 saturated heterocycles. The lowest BCUT2D eigenvalue weighted by molar-refractivity contribution is -0.142. The third-order valence-electron chi connectivity index (χ3n) is 6.04. The molecule has 1 spiro atoms. The van der Waals surface area contributed by atoms with Gasteiger partial charge in [-0.15, -0.1) is 0 Å². The van der Waals surface area contributed by atoms with Gasteiger partial charge in [0.2, 0.25) is 0 Å². The van der Waals surface area contributed by atoms with Crippen molar-refractivity contribution in [3.8, 4) is 17.0 Å². The van der Waals surface area contributed by atoms with Crippen molar-refractivity contribution in [3.05, 3.63) is 53.7 Å². The largest absolute Gasteiger partial charge is 0.492 e. The molecular weight excluding hydrogens is 451 g/mol. The lowest BCUT2D eigenvalue weighted by Gasteiger charge is -2.32. The molecule has 2 aliphatic heterocycles. The SMILES string of the molecule is CCOc1cncc(-c2cc(C)c3c(n2)[C@]2(CCOC2)N(c2cnn(CC(F)(F)F)c2)C3=O)c1. The molecule has 0 radical (unpaired) electrons. The summed E-state index contributed by atoms with van der Waals surface area (Å²) in [6.45, 7) is 3.53. The van der Waals surface area contributed by atoms with Crippen LogP contribution in [-0.4, -0.2) is 51.7 Å². The van der Waals surface area contributed by atoms with E-state index in [1.807, 2.05) is 26.0 Å². The van der Waals surface area contributed by atoms with Crippen molar-refractivity contribution in [2.45, 2.75) is 38.5 Å². The molecule has 1 fully saturated rings. The molecule has 0 N–H and O–H groups in total. The number of carbonyl (C=O) groups excluding carboxylic acids is 1. The number of halogens is 3. The molecule has 11 heteroatoms. The van der Waals surface area contributed by atoms with Crippen molar-refractivity contribution in [2.24, 2.45) is 0 Å². The first kappa shape index (κ1) is 22.3. The predicted molar refractivity (Wildman–Crippen MR) is 116 cm³/mol. The van der Waals surface area contributed by atoms with Crippen LogP contribution in [0.15, 0.2) is 36.9 Å². The van der Waals surface area contributed by atoms with Gasteiger partial charge in [-0.05, 0) is 31.5 Å². The highest BCUT2D eigenvalue weighted by atomic mass is 19.4. The van der Waals surface area contributed by atoms with Crippen LogP contribution in [-0.2, 0) is 16.8 Å². The van der Waals surface area contributed by atoms with Crippen LogP contribution < -0.4 is 9.64 Å². The maximum absolute atomic E-state index is 13.6. The second-order valence-corrected chi connectivity index (χ2v) is 8.38. The summed E-state index contributed by atoms with van der Waals surface area (Å²) >= 11 is 0. The van der Waals surface area contributed by atoms with Gasteiger partial charge in [-0.3, -0.25) is 19.4 Å². The molecule has 34 heavy (non-hydrogen) atoms. The molecule has 2 aliphatic rings. The number of fused-ring (bicyclic) bond motifs is 2. The number of hydrogen-bond donors (Lipinski definition) is 0. The fourth-order valence-corrected chi connectivity index (χ4v) is 4.66. The average Bonchev–Trinajstić information content (AvgIpc) is 3.48. The molecule has 8 nitrogen and oxygen atoms in total. The first-order valence-corrected chi connectivity index (χ1v) is 10.8. The van der Waals surface area contributed by atoms with Gasteiger partial charge in [-0.25, -0.2) is 4.98 Å². The first-order valence-electron chi connectivity index (χ1n) is 10.8. The molecule has 0 aromatic carbocycles. The number of nitrogens with zero attached hydrogens (tertiary/aromatic N) is 5. The van der Waals surface area contributed by atoms with Crippen LogP contribution in [0, 0.1) is 6.92 Å². The zero-order valence-electron chi connectivity index (χ0n) is 18.6. The summed E-state index contributed by atoms with van der Waals surface area (Å²) in [5, 5.41) is 3.83. The van der Waals surface area contributed by atoms with E-state index in [0.29, 0.717) is 47.9 Å². The average molecular weight is 473 g/mol. The second kappa shape index (κ2) is 8.08. The molecule has 5 rings (SSSR count). The van der Waals surface area contributed by atoms with E-state index in [1.165, 1.54) is 17.3 Å². The van der Waals surface area contributed by atoms with Crippen LogP contribution >= 0.6 is 0 Å². The Morgan fingerprint density at radius 3 is 2.76 bits per heavy atom. The predicted octanol–water partition coefficient (Wildman–Crippen LogP) is 3.89. The molecule has 1 amide bonds. The van der Waals surface area contributed by atoms with Gasteiger partial charge in [0.05, 0.1) is 48.2 Å². The normalized spacial score (nSPS) is 19.8. The number of carbonyl (C=O) groups is 1. The number of aromatic nitrogens is 4. The third-order valence-corrected chi connectivity index (χ3v) is 6.04. The number of anilines is 1. The van der Waals surface area contributed by atoms with Gasteiger partial charge < -0.3 is 9.47 Å². The number of hydrogen-bond acceptors (Lipinski definition) is 6. The maximum atomic E-state index is 13.6. The van der Waals surface area contributed by atoms with Gasteiger partial charge in [0, 0.05) is 31.0 Å². The van der Waals surface area contributed by atoms with E-state index in [0.717, 1.165) is 10.2 Å². The first-order chi connectivity index (χ1) is 16.2. The zero-order valence-corrected chi connectivity index (χ0v) is 18.6. The summed E-state index contributed by atoms with van der Waals surface area (Å²) in [6.07, 6.45) is 1.84. The van der Waals surface area contributed by atoms with E-state index >= 15 is 0 Å². The van der Waals surface area contributed by atoms with E-state index in [2.05, 4.69) is 10.1 Å². The Hall–Kier alpha value is -3.47. The Kier molecular flexibility index (Phi) is 5.31. The highest BCUT2D eigenvalue weighted by Gasteiger charge is 2.55. The monoisotopic (exact) mass is 473 g/mol. The van der Waals surface area contributed by atoms with Crippen molar-refractivity contribution in [3.63, 3.8) is 0 Å². The minimum atomic E-state index is -4.42. The standard InChI is InChI=1S/C23H22F3N5O3/c1-3-34-17-7-15(8-27-10-17)18-6-14(2)19-20(29-18)22(4-5-33-13-22)31(21(19)32)16-9-28-30(11-16)12-23(24,25)26/h6-11H,3-5,12-13H2,1-2H3/t22-/m1/s1. The molecule has 0 aliphatic carbocycles. The van der Waals surface area contributed by atoms with Crippen LogP contribution in [0.1, 0.15) is 35.0 Å². The zero-order chi connectivity index (χ0) is 24.1. The van der Waals surface area contributed by atoms with E-state index in [4.69, 9.17) is 14.5 Å². The Morgan fingerprint density at radius 2 is 2.06 bits per heavy atom. The number of rotatable bonds is 5. The Bertz CT molecular complexity index is 1250. The van der Waals surface area contributed by atoms with Crippen molar-refractivity contribution in [2.75, 3.05) is 24.7 Å². The third kappa shape index (κ3) is 3.69. The second-order valence-electron chi connectivity index (χ2n) is 8.38. The molecular formula is C23H22F3N5O3. The summed E-state index contributed by atoms with van der Waals surface area (Å²) in [6, 6.07) is 3.64. The van der Waals surface area contributed by atoms with Crippen molar-refractivity contribution < 1.29 is 27.4 Å². The molecule has 0 unspecified atom stereocenters. The summed E-state index contributed by atoms with van der Waals surface area (Å²) in [5.74, 6) is 0.276. The van der Waals surface area contributed by atoms with Crippen molar-refractivity contribution in [1.82, 2.24) is 19.7 Å². The van der Waals surface area contributed by atoms with Crippen LogP contribution in [0.2, 0.25) is 0 Å². The van der Waals surface area contributed by atoms with Crippen LogP contribution in [0.4, 0.5) is 18.9 Å². The van der Waals surface area contributed by atoms with Gasteiger partial charge in [0.1, 0.15) is 17.8 Å². The number of alkyl halides is 3. The maximum Gasteiger partial charge on any atom is 0.408 e. The van der Waals surface area contributed by atoms with E-state index in [-0.39, 0.29) is 18.2 Å². The fourth-order valence-electron chi connectivity index (χ4n) is 4.66. The lowest BCUT2D eigenvalue weighted by atomic mass is 9.91. The number of pyridine rings is 2. The molecule has 0 bridgehead atoms. The minimum Gasteiger partial charge on any atom is -0.492 e. The Balaban J connectivity index is 1.60. The van der Waals surface area contributed by atoms with Gasteiger partial charge in [-0.1, -0.05) is 0 Å². The molecule has 5 heterocycles. The highest BCUT2D eigenvalue weighted by molar-refractivity contribution is 6.12. The quantitative estimate of drug-likeness (QED) is 0.559. The summed E-state index contributed by atoms with van der Waals surface area (Å²) in [5.41, 5.74) is 2.41. The van der Waals surface area contributed by atoms with E-state index < -0.39 is 18.3 Å². The van der Waals surface area contributed by atoms with Crippen molar-refractivity contribution >= 4 is 11.6 Å². The molecule has 3 aromatic heterocycles. The smallest absolute Gasteiger partial charge is 0.408 e. The molecule has 3 aromatic rings. The minimum absolute atomic E-state index is 0.184. The van der Waals surface area contributed by atoms with E-state index in [1.54, 1.807) is 12.4 Å².